The van der Waals surface area contributed by atoms with Crippen molar-refractivity contribution in [2.24, 2.45) is 0 Å². The van der Waals surface area contributed by atoms with Crippen LogP contribution in [0.4, 0.5) is 23.2 Å². The highest BCUT2D eigenvalue weighted by Gasteiger charge is 2.48. The molecule has 1 saturated heterocycles. The van der Waals surface area contributed by atoms with Crippen molar-refractivity contribution >= 4 is 39.1 Å². The van der Waals surface area contributed by atoms with E-state index in [1.165, 1.54) is 30.3 Å². The van der Waals surface area contributed by atoms with Crippen molar-refractivity contribution in [1.29, 1.82) is 0 Å². The number of carbonyl (C=O) groups excluding carboxylic acids is 2. The summed E-state index contributed by atoms with van der Waals surface area (Å²) in [4.78, 5) is 26.8. The maximum absolute atomic E-state index is 14.8. The van der Waals surface area contributed by atoms with Gasteiger partial charge in [0.05, 0.1) is 17.2 Å². The average molecular weight is 520 g/mol. The van der Waals surface area contributed by atoms with Crippen LogP contribution in [-0.4, -0.2) is 16.8 Å². The number of halogens is 5. The Morgan fingerprint density at radius 1 is 0.909 bits per heavy atom. The molecule has 1 unspecified atom stereocenters. The number of hydrogen-bond acceptors (Lipinski definition) is 3. The Morgan fingerprint density at radius 2 is 1.52 bits per heavy atom. The Hall–Kier alpha value is -3.46. The summed E-state index contributed by atoms with van der Waals surface area (Å²) >= 11 is 3.26. The molecule has 4 nitrogen and oxygen atoms in total. The van der Waals surface area contributed by atoms with Crippen LogP contribution < -0.4 is 4.90 Å². The normalized spacial score (nSPS) is 18.1. The number of amides is 1. The van der Waals surface area contributed by atoms with Gasteiger partial charge in [-0.15, -0.1) is 0 Å². The van der Waals surface area contributed by atoms with Gasteiger partial charge in [-0.2, -0.15) is 13.2 Å². The fourth-order valence-corrected chi connectivity index (χ4v) is 3.93. The summed E-state index contributed by atoms with van der Waals surface area (Å²) in [6.07, 6.45) is -4.60. The maximum Gasteiger partial charge on any atom is 0.416 e. The van der Waals surface area contributed by atoms with Crippen LogP contribution in [0.2, 0.25) is 0 Å². The minimum atomic E-state index is -4.60. The van der Waals surface area contributed by atoms with Gasteiger partial charge in [0.1, 0.15) is 11.6 Å². The molecule has 4 rings (SSSR count). The topological polar surface area (TPSA) is 57.6 Å². The van der Waals surface area contributed by atoms with Crippen molar-refractivity contribution in [3.63, 3.8) is 0 Å². The molecule has 0 saturated carbocycles. The Balaban J connectivity index is 1.92. The summed E-state index contributed by atoms with van der Waals surface area (Å²) in [5.41, 5.74) is -1.24. The summed E-state index contributed by atoms with van der Waals surface area (Å²) in [5, 5.41) is 10.9. The minimum absolute atomic E-state index is 0.0480. The number of Topliss-reactive ketones (excluding diaryl/α,β-unsaturated/α-hetero) is 1. The number of alkyl halides is 3. The third-order valence-corrected chi connectivity index (χ3v) is 5.76. The van der Waals surface area contributed by atoms with Gasteiger partial charge in [-0.3, -0.25) is 14.5 Å². The molecule has 0 radical (unpaired) electrons. The zero-order valence-corrected chi connectivity index (χ0v) is 18.2. The maximum atomic E-state index is 14.8. The van der Waals surface area contributed by atoms with E-state index in [2.05, 4.69) is 15.9 Å². The number of aliphatic hydroxyl groups is 1. The second-order valence-corrected chi connectivity index (χ2v) is 8.16. The van der Waals surface area contributed by atoms with Crippen LogP contribution in [0.5, 0.6) is 0 Å². The van der Waals surface area contributed by atoms with E-state index < -0.39 is 41.0 Å². The number of anilines is 1. The van der Waals surface area contributed by atoms with E-state index >= 15 is 0 Å². The lowest BCUT2D eigenvalue weighted by molar-refractivity contribution is -0.137. The Bertz CT molecular complexity index is 1270. The van der Waals surface area contributed by atoms with E-state index in [0.717, 1.165) is 35.2 Å². The first-order chi connectivity index (χ1) is 15.6. The molecular weight excluding hydrogens is 506 g/mol. The second-order valence-electron chi connectivity index (χ2n) is 7.24. The van der Waals surface area contributed by atoms with E-state index in [0.29, 0.717) is 4.47 Å². The molecule has 1 heterocycles. The number of nitrogens with zero attached hydrogens (tertiary/aromatic N) is 1. The first-order valence-electron chi connectivity index (χ1n) is 9.58. The lowest BCUT2D eigenvalue weighted by Crippen LogP contribution is -2.30. The fraction of sp³-hybridized carbons (Fsp3) is 0.0833. The van der Waals surface area contributed by atoms with E-state index in [1.807, 2.05) is 0 Å². The molecule has 3 aromatic carbocycles. The summed E-state index contributed by atoms with van der Waals surface area (Å²) in [5.74, 6) is -3.45. The average Bonchev–Trinajstić information content (AvgIpc) is 3.04. The van der Waals surface area contributed by atoms with Crippen LogP contribution in [0.15, 0.2) is 82.8 Å². The summed E-state index contributed by atoms with van der Waals surface area (Å²) in [7, 11) is 0. The molecule has 1 aliphatic rings. The third kappa shape index (κ3) is 4.16. The van der Waals surface area contributed by atoms with Crippen LogP contribution in [0.3, 0.4) is 0 Å². The quantitative estimate of drug-likeness (QED) is 0.193. The summed E-state index contributed by atoms with van der Waals surface area (Å²) < 4.78 is 54.5. The van der Waals surface area contributed by atoms with Crippen LogP contribution in [0.1, 0.15) is 22.7 Å². The molecular formula is C24H14BrF4NO3. The van der Waals surface area contributed by atoms with Gasteiger partial charge in [-0.1, -0.05) is 46.3 Å². The molecule has 1 amide bonds. The van der Waals surface area contributed by atoms with Gasteiger partial charge in [-0.05, 0) is 42.5 Å². The van der Waals surface area contributed by atoms with E-state index in [-0.39, 0.29) is 22.4 Å². The van der Waals surface area contributed by atoms with Crippen molar-refractivity contribution in [1.82, 2.24) is 0 Å². The van der Waals surface area contributed by atoms with Gasteiger partial charge >= 0.3 is 6.18 Å². The first-order valence-corrected chi connectivity index (χ1v) is 10.4. The lowest BCUT2D eigenvalue weighted by Gasteiger charge is -2.26. The van der Waals surface area contributed by atoms with Gasteiger partial charge in [0, 0.05) is 21.3 Å². The van der Waals surface area contributed by atoms with Crippen LogP contribution in [0, 0.1) is 5.82 Å². The van der Waals surface area contributed by atoms with Crippen molar-refractivity contribution in [3.8, 4) is 0 Å². The molecule has 1 atom stereocenters. The van der Waals surface area contributed by atoms with Crippen LogP contribution in [0.25, 0.3) is 5.76 Å². The molecule has 33 heavy (non-hydrogen) atoms. The Kier molecular flexibility index (Phi) is 5.84. The van der Waals surface area contributed by atoms with Gasteiger partial charge in [-0.25, -0.2) is 4.39 Å². The zero-order chi connectivity index (χ0) is 23.9. The second kappa shape index (κ2) is 8.47. The van der Waals surface area contributed by atoms with Gasteiger partial charge in [0.2, 0.25) is 0 Å². The molecule has 9 heteroatoms. The first kappa shape index (κ1) is 22.7. The van der Waals surface area contributed by atoms with E-state index in [9.17, 15) is 32.3 Å². The summed E-state index contributed by atoms with van der Waals surface area (Å²) in [6.45, 7) is 0. The minimum Gasteiger partial charge on any atom is -0.507 e. The van der Waals surface area contributed by atoms with E-state index in [4.69, 9.17) is 0 Å². The van der Waals surface area contributed by atoms with Gasteiger partial charge in [0.15, 0.2) is 0 Å². The molecule has 0 aliphatic carbocycles. The lowest BCUT2D eigenvalue weighted by atomic mass is 9.94. The van der Waals surface area contributed by atoms with E-state index in [1.54, 1.807) is 12.1 Å². The molecule has 3 aromatic rings. The third-order valence-electron chi connectivity index (χ3n) is 5.23. The standard InChI is InChI=1S/C24H14BrF4NO3/c25-15-9-5-13(6-10-15)21(31)19-20(17-3-1-2-4-18(17)26)30(23(33)22(19)32)16-11-7-14(8-12-16)24(27,28)29/h1-12,20,31H/b21-19+. The zero-order valence-electron chi connectivity index (χ0n) is 16.6. The number of hydrogen-bond donors (Lipinski definition) is 1. The monoisotopic (exact) mass is 519 g/mol. The largest absolute Gasteiger partial charge is 0.507 e. The number of benzene rings is 3. The van der Waals surface area contributed by atoms with Crippen LogP contribution >= 0.6 is 15.9 Å². The SMILES string of the molecule is O=C1C(=O)N(c2ccc(C(F)(F)F)cc2)C(c2ccccc2F)/C1=C(\O)c1ccc(Br)cc1. The smallest absolute Gasteiger partial charge is 0.416 e. The Labute approximate surface area is 193 Å². The molecule has 0 aromatic heterocycles. The van der Waals surface area contributed by atoms with Crippen molar-refractivity contribution in [2.75, 3.05) is 4.90 Å². The number of ketones is 1. The molecule has 0 spiro atoms. The van der Waals surface area contributed by atoms with Crippen LogP contribution in [-0.2, 0) is 15.8 Å². The molecule has 0 bridgehead atoms. The highest BCUT2D eigenvalue weighted by Crippen LogP contribution is 2.43. The summed E-state index contributed by atoms with van der Waals surface area (Å²) in [6, 6.07) is 13.8. The van der Waals surface area contributed by atoms with Gasteiger partial charge < -0.3 is 5.11 Å². The van der Waals surface area contributed by atoms with Crippen molar-refractivity contribution in [2.45, 2.75) is 12.2 Å². The fourth-order valence-electron chi connectivity index (χ4n) is 3.66. The molecule has 1 aliphatic heterocycles. The van der Waals surface area contributed by atoms with Crippen molar-refractivity contribution < 1.29 is 32.3 Å². The molecule has 1 fully saturated rings. The number of carbonyl (C=O) groups is 2. The predicted octanol–water partition coefficient (Wildman–Crippen LogP) is 6.23. The van der Waals surface area contributed by atoms with Crippen molar-refractivity contribution in [3.05, 3.63) is 105 Å². The predicted molar refractivity (Wildman–Crippen MR) is 117 cm³/mol. The number of rotatable bonds is 3. The highest BCUT2D eigenvalue weighted by molar-refractivity contribution is 9.10. The molecule has 168 valence electrons. The number of aliphatic hydroxyl groups excluding tert-OH is 1. The highest BCUT2D eigenvalue weighted by atomic mass is 79.9. The molecule has 1 N–H and O–H groups in total. The van der Waals surface area contributed by atoms with Gasteiger partial charge in [0.25, 0.3) is 11.7 Å². The Morgan fingerprint density at radius 3 is 2.09 bits per heavy atom.